The van der Waals surface area contributed by atoms with Gasteiger partial charge < -0.3 is 10.5 Å². The molecule has 0 bridgehead atoms. The second kappa shape index (κ2) is 6.98. The van der Waals surface area contributed by atoms with E-state index < -0.39 is 0 Å². The first-order chi connectivity index (χ1) is 9.60. The molecule has 0 radical (unpaired) electrons. The largest absolute Gasteiger partial charge is 0.494 e. The first-order valence-electron chi connectivity index (χ1n) is 6.52. The summed E-state index contributed by atoms with van der Waals surface area (Å²) in [5.41, 5.74) is 8.36. The molecule has 0 aliphatic carbocycles. The summed E-state index contributed by atoms with van der Waals surface area (Å²) >= 11 is 11.9. The molecule has 0 saturated carbocycles. The van der Waals surface area contributed by atoms with Gasteiger partial charge in [-0.3, -0.25) is 0 Å². The van der Waals surface area contributed by atoms with Crippen molar-refractivity contribution >= 4 is 23.2 Å². The van der Waals surface area contributed by atoms with Crippen LogP contribution >= 0.6 is 23.2 Å². The third-order valence-corrected chi connectivity index (χ3v) is 3.80. The average molecular weight is 310 g/mol. The van der Waals surface area contributed by atoms with Crippen molar-refractivity contribution in [1.29, 1.82) is 0 Å². The van der Waals surface area contributed by atoms with E-state index in [0.717, 1.165) is 16.9 Å². The molecule has 0 saturated heterocycles. The van der Waals surface area contributed by atoms with Gasteiger partial charge in [0.1, 0.15) is 5.75 Å². The third-order valence-electron chi connectivity index (χ3n) is 3.06. The number of halogens is 2. The monoisotopic (exact) mass is 309 g/mol. The molecule has 0 spiro atoms. The van der Waals surface area contributed by atoms with Crippen LogP contribution in [0.15, 0.2) is 42.5 Å². The Morgan fingerprint density at radius 1 is 1.05 bits per heavy atom. The molecule has 0 aliphatic rings. The van der Waals surface area contributed by atoms with Gasteiger partial charge in [-0.05, 0) is 48.7 Å². The summed E-state index contributed by atoms with van der Waals surface area (Å²) in [4.78, 5) is 0. The topological polar surface area (TPSA) is 35.2 Å². The smallest absolute Gasteiger partial charge is 0.119 e. The Hall–Kier alpha value is -1.22. The van der Waals surface area contributed by atoms with E-state index in [1.165, 1.54) is 0 Å². The van der Waals surface area contributed by atoms with Gasteiger partial charge in [-0.1, -0.05) is 41.4 Å². The normalized spacial score (nSPS) is 12.2. The molecule has 2 aromatic rings. The lowest BCUT2D eigenvalue weighted by molar-refractivity contribution is 0.340. The molecule has 4 heteroatoms. The fourth-order valence-corrected chi connectivity index (χ4v) is 2.34. The second-order valence-electron chi connectivity index (χ2n) is 4.56. The maximum atomic E-state index is 6.22. The van der Waals surface area contributed by atoms with Gasteiger partial charge in [0.25, 0.3) is 0 Å². The molecule has 2 rings (SSSR count). The molecule has 2 N–H and O–H groups in total. The SMILES string of the molecule is CCOc1ccc(C(N)Cc2ccc(Cl)c(Cl)c2)cc1. The molecule has 0 fully saturated rings. The zero-order chi connectivity index (χ0) is 14.5. The van der Waals surface area contributed by atoms with Crippen molar-refractivity contribution in [3.8, 4) is 5.75 Å². The van der Waals surface area contributed by atoms with Gasteiger partial charge in [-0.25, -0.2) is 0 Å². The molecule has 0 aliphatic heterocycles. The van der Waals surface area contributed by atoms with E-state index in [4.69, 9.17) is 33.7 Å². The number of rotatable bonds is 5. The van der Waals surface area contributed by atoms with Gasteiger partial charge in [0, 0.05) is 6.04 Å². The maximum Gasteiger partial charge on any atom is 0.119 e. The van der Waals surface area contributed by atoms with Crippen LogP contribution in [0.4, 0.5) is 0 Å². The van der Waals surface area contributed by atoms with Crippen molar-refractivity contribution in [2.45, 2.75) is 19.4 Å². The van der Waals surface area contributed by atoms with E-state index in [9.17, 15) is 0 Å². The summed E-state index contributed by atoms with van der Waals surface area (Å²) < 4.78 is 5.41. The van der Waals surface area contributed by atoms with Gasteiger partial charge in [0.05, 0.1) is 16.7 Å². The average Bonchev–Trinajstić information content (AvgIpc) is 2.44. The predicted molar refractivity (Wildman–Crippen MR) is 84.7 cm³/mol. The Labute approximate surface area is 129 Å². The van der Waals surface area contributed by atoms with Crippen molar-refractivity contribution in [2.75, 3.05) is 6.61 Å². The van der Waals surface area contributed by atoms with Crippen LogP contribution in [0.5, 0.6) is 5.75 Å². The highest BCUT2D eigenvalue weighted by atomic mass is 35.5. The molecule has 0 heterocycles. The number of hydrogen-bond acceptors (Lipinski definition) is 2. The summed E-state index contributed by atoms with van der Waals surface area (Å²) in [6, 6.07) is 13.4. The molecule has 2 nitrogen and oxygen atoms in total. The van der Waals surface area contributed by atoms with Crippen LogP contribution in [0.1, 0.15) is 24.1 Å². The third kappa shape index (κ3) is 3.89. The molecule has 0 aromatic heterocycles. The van der Waals surface area contributed by atoms with Gasteiger partial charge in [0.2, 0.25) is 0 Å². The lowest BCUT2D eigenvalue weighted by Crippen LogP contribution is -2.13. The van der Waals surface area contributed by atoms with Crippen LogP contribution in [0.25, 0.3) is 0 Å². The number of nitrogens with two attached hydrogens (primary N) is 1. The lowest BCUT2D eigenvalue weighted by atomic mass is 10.00. The fraction of sp³-hybridized carbons (Fsp3) is 0.250. The molecule has 1 atom stereocenters. The summed E-state index contributed by atoms with van der Waals surface area (Å²) in [6.45, 7) is 2.62. The lowest BCUT2D eigenvalue weighted by Gasteiger charge is -2.13. The van der Waals surface area contributed by atoms with Crippen molar-refractivity contribution in [3.05, 3.63) is 63.6 Å². The van der Waals surface area contributed by atoms with Crippen molar-refractivity contribution in [1.82, 2.24) is 0 Å². The number of ether oxygens (including phenoxy) is 1. The summed E-state index contributed by atoms with van der Waals surface area (Å²) in [7, 11) is 0. The van der Waals surface area contributed by atoms with Crippen LogP contribution in [0, 0.1) is 0 Å². The van der Waals surface area contributed by atoms with Gasteiger partial charge in [0.15, 0.2) is 0 Å². The van der Waals surface area contributed by atoms with Gasteiger partial charge >= 0.3 is 0 Å². The first-order valence-corrected chi connectivity index (χ1v) is 7.28. The van der Waals surface area contributed by atoms with Gasteiger partial charge in [-0.2, -0.15) is 0 Å². The molecular weight excluding hydrogens is 293 g/mol. The highest BCUT2D eigenvalue weighted by molar-refractivity contribution is 6.42. The Morgan fingerprint density at radius 2 is 1.75 bits per heavy atom. The minimum absolute atomic E-state index is 0.0806. The van der Waals surface area contributed by atoms with Crippen LogP contribution in [-0.2, 0) is 6.42 Å². The minimum Gasteiger partial charge on any atom is -0.494 e. The zero-order valence-electron chi connectivity index (χ0n) is 11.3. The first kappa shape index (κ1) is 15.2. The predicted octanol–water partition coefficient (Wildman–Crippen LogP) is 4.63. The van der Waals surface area contributed by atoms with E-state index in [1.807, 2.05) is 43.3 Å². The summed E-state index contributed by atoms with van der Waals surface area (Å²) in [5.74, 6) is 0.859. The molecule has 2 aromatic carbocycles. The second-order valence-corrected chi connectivity index (χ2v) is 5.38. The molecule has 20 heavy (non-hydrogen) atoms. The van der Waals surface area contributed by atoms with Crippen LogP contribution < -0.4 is 10.5 Å². The van der Waals surface area contributed by atoms with Crippen molar-refractivity contribution < 1.29 is 4.74 Å². The molecular formula is C16H17Cl2NO. The fourth-order valence-electron chi connectivity index (χ4n) is 2.02. The van der Waals surface area contributed by atoms with E-state index in [2.05, 4.69) is 0 Å². The summed E-state index contributed by atoms with van der Waals surface area (Å²) in [5, 5.41) is 1.12. The Balaban J connectivity index is 2.06. The Morgan fingerprint density at radius 3 is 2.35 bits per heavy atom. The van der Waals surface area contributed by atoms with Crippen molar-refractivity contribution in [3.63, 3.8) is 0 Å². The Bertz CT molecular complexity index is 569. The Kier molecular flexibility index (Phi) is 5.30. The van der Waals surface area contributed by atoms with Crippen LogP contribution in [-0.4, -0.2) is 6.61 Å². The molecule has 1 unspecified atom stereocenters. The van der Waals surface area contributed by atoms with Crippen LogP contribution in [0.2, 0.25) is 10.0 Å². The van der Waals surface area contributed by atoms with E-state index in [-0.39, 0.29) is 6.04 Å². The number of benzene rings is 2. The highest BCUT2D eigenvalue weighted by Crippen LogP contribution is 2.25. The quantitative estimate of drug-likeness (QED) is 0.873. The maximum absolute atomic E-state index is 6.22. The summed E-state index contributed by atoms with van der Waals surface area (Å²) in [6.07, 6.45) is 0.713. The van der Waals surface area contributed by atoms with Crippen LogP contribution in [0.3, 0.4) is 0 Å². The molecule has 0 amide bonds. The minimum atomic E-state index is -0.0806. The van der Waals surface area contributed by atoms with Gasteiger partial charge in [-0.15, -0.1) is 0 Å². The molecule has 106 valence electrons. The van der Waals surface area contributed by atoms with E-state index in [1.54, 1.807) is 6.07 Å². The van der Waals surface area contributed by atoms with Crippen molar-refractivity contribution in [2.24, 2.45) is 5.73 Å². The van der Waals surface area contributed by atoms with E-state index in [0.29, 0.717) is 23.1 Å². The highest BCUT2D eigenvalue weighted by Gasteiger charge is 2.08. The number of hydrogen-bond donors (Lipinski definition) is 1. The zero-order valence-corrected chi connectivity index (χ0v) is 12.8. The standard InChI is InChI=1S/C16H17Cl2NO/c1-2-20-13-6-4-12(5-7-13)16(19)10-11-3-8-14(17)15(18)9-11/h3-9,16H,2,10,19H2,1H3. The van der Waals surface area contributed by atoms with E-state index >= 15 is 0 Å².